The van der Waals surface area contributed by atoms with Crippen molar-refractivity contribution in [2.45, 2.75) is 18.3 Å². The van der Waals surface area contributed by atoms with Crippen molar-refractivity contribution in [3.8, 4) is 0 Å². The first-order valence-electron chi connectivity index (χ1n) is 8.17. The number of nitrogens with zero attached hydrogens (tertiary/aromatic N) is 4. The van der Waals surface area contributed by atoms with Gasteiger partial charge in [0.25, 0.3) is 0 Å². The summed E-state index contributed by atoms with van der Waals surface area (Å²) < 4.78 is 43.8. The van der Waals surface area contributed by atoms with E-state index in [-0.39, 0.29) is 12.4 Å². The molecule has 0 bridgehead atoms. The summed E-state index contributed by atoms with van der Waals surface area (Å²) in [4.78, 5) is 8.12. The van der Waals surface area contributed by atoms with Gasteiger partial charge in [0.2, 0.25) is 5.60 Å². The van der Waals surface area contributed by atoms with Gasteiger partial charge in [-0.3, -0.25) is 4.98 Å². The molecule has 3 N–H and O–H groups in total. The number of nitrogens with two attached hydrogens (primary N) is 1. The fourth-order valence-electron chi connectivity index (χ4n) is 2.86. The van der Waals surface area contributed by atoms with Crippen molar-refractivity contribution in [1.82, 2.24) is 19.7 Å². The van der Waals surface area contributed by atoms with Crippen molar-refractivity contribution in [3.05, 3.63) is 71.1 Å². The Morgan fingerprint density at radius 3 is 2.54 bits per heavy atom. The Balaban J connectivity index is 1.83. The maximum absolute atomic E-state index is 14.0. The number of anilines is 1. The maximum Gasteiger partial charge on any atom is 0.428 e. The molecular formula is C18H14F3N5OS. The molecule has 0 radical (unpaired) electrons. The summed E-state index contributed by atoms with van der Waals surface area (Å²) in [5.74, 6) is -0.301. The number of rotatable bonds is 4. The number of hydrogen-bond donors (Lipinski definition) is 2. The van der Waals surface area contributed by atoms with E-state index in [0.29, 0.717) is 15.9 Å². The molecule has 0 fully saturated rings. The molecule has 3 heterocycles. The van der Waals surface area contributed by atoms with Crippen molar-refractivity contribution in [3.63, 3.8) is 0 Å². The number of pyridine rings is 1. The molecule has 1 unspecified atom stereocenters. The van der Waals surface area contributed by atoms with Gasteiger partial charge in [-0.2, -0.15) is 18.3 Å². The SMILES string of the molecule is Nc1c(C(O)(c2nc3ccccc3s2)C(F)(F)F)cnn1Cc1ccccn1. The van der Waals surface area contributed by atoms with Crippen LogP contribution in [0.3, 0.4) is 0 Å². The lowest BCUT2D eigenvalue weighted by molar-refractivity contribution is -0.248. The highest BCUT2D eigenvalue weighted by atomic mass is 32.1. The zero-order valence-corrected chi connectivity index (χ0v) is 15.1. The molecule has 0 aliphatic carbocycles. The fourth-order valence-corrected chi connectivity index (χ4v) is 3.95. The lowest BCUT2D eigenvalue weighted by Gasteiger charge is -2.28. The second-order valence-corrected chi connectivity index (χ2v) is 7.15. The van der Waals surface area contributed by atoms with Crippen LogP contribution in [0.1, 0.15) is 16.3 Å². The molecular weight excluding hydrogens is 391 g/mol. The number of benzene rings is 1. The lowest BCUT2D eigenvalue weighted by Crippen LogP contribution is -2.43. The van der Waals surface area contributed by atoms with Crippen LogP contribution in [0, 0.1) is 0 Å². The molecule has 10 heteroatoms. The van der Waals surface area contributed by atoms with Crippen molar-refractivity contribution >= 4 is 27.4 Å². The summed E-state index contributed by atoms with van der Waals surface area (Å²) >= 11 is 0.762. The summed E-state index contributed by atoms with van der Waals surface area (Å²) in [6, 6.07) is 11.7. The molecule has 4 rings (SSSR count). The highest BCUT2D eigenvalue weighted by Crippen LogP contribution is 2.48. The van der Waals surface area contributed by atoms with E-state index in [9.17, 15) is 18.3 Å². The Kier molecular flexibility index (Phi) is 4.31. The topological polar surface area (TPSA) is 89.9 Å². The number of para-hydroxylation sites is 1. The average molecular weight is 405 g/mol. The van der Waals surface area contributed by atoms with Crippen molar-refractivity contribution in [2.24, 2.45) is 0 Å². The van der Waals surface area contributed by atoms with E-state index in [1.165, 1.54) is 4.68 Å². The van der Waals surface area contributed by atoms with Crippen LogP contribution in [-0.4, -0.2) is 31.0 Å². The molecule has 0 aliphatic rings. The van der Waals surface area contributed by atoms with Crippen LogP contribution in [0.15, 0.2) is 54.9 Å². The highest BCUT2D eigenvalue weighted by molar-refractivity contribution is 7.18. The first kappa shape index (κ1) is 18.4. The van der Waals surface area contributed by atoms with E-state index in [4.69, 9.17) is 5.73 Å². The Hall–Kier alpha value is -2.98. The van der Waals surface area contributed by atoms with Crippen LogP contribution in [0.25, 0.3) is 10.2 Å². The van der Waals surface area contributed by atoms with E-state index >= 15 is 0 Å². The van der Waals surface area contributed by atoms with Crippen molar-refractivity contribution in [2.75, 3.05) is 5.73 Å². The van der Waals surface area contributed by atoms with Crippen LogP contribution in [0.5, 0.6) is 0 Å². The predicted molar refractivity (Wildman–Crippen MR) is 98.7 cm³/mol. The minimum atomic E-state index is -5.05. The third-order valence-corrected chi connectivity index (χ3v) is 5.47. The zero-order chi connectivity index (χ0) is 19.9. The molecule has 0 amide bonds. The van der Waals surface area contributed by atoms with Crippen LogP contribution in [0.2, 0.25) is 0 Å². The lowest BCUT2D eigenvalue weighted by atomic mass is 9.96. The van der Waals surface area contributed by atoms with E-state index < -0.39 is 22.3 Å². The number of nitrogen functional groups attached to an aromatic ring is 1. The number of fused-ring (bicyclic) bond motifs is 1. The highest BCUT2D eigenvalue weighted by Gasteiger charge is 2.60. The van der Waals surface area contributed by atoms with Crippen LogP contribution in [-0.2, 0) is 12.1 Å². The van der Waals surface area contributed by atoms with Crippen LogP contribution in [0.4, 0.5) is 19.0 Å². The van der Waals surface area contributed by atoms with Gasteiger partial charge in [0.15, 0.2) is 0 Å². The third kappa shape index (κ3) is 2.90. The maximum atomic E-state index is 14.0. The van der Waals surface area contributed by atoms with Crippen LogP contribution < -0.4 is 5.73 Å². The molecule has 28 heavy (non-hydrogen) atoms. The minimum Gasteiger partial charge on any atom is -0.384 e. The number of halogens is 3. The van der Waals surface area contributed by atoms with Gasteiger partial charge in [-0.05, 0) is 24.3 Å². The summed E-state index contributed by atoms with van der Waals surface area (Å²) in [7, 11) is 0. The molecule has 0 aliphatic heterocycles. The Morgan fingerprint density at radius 2 is 1.86 bits per heavy atom. The summed E-state index contributed by atoms with van der Waals surface area (Å²) in [5, 5.41) is 14.3. The van der Waals surface area contributed by atoms with E-state index in [1.54, 1.807) is 48.7 Å². The predicted octanol–water partition coefficient (Wildman–Crippen LogP) is 3.32. The average Bonchev–Trinajstić information content (AvgIpc) is 3.26. The fraction of sp³-hybridized carbons (Fsp3) is 0.167. The van der Waals surface area contributed by atoms with Crippen molar-refractivity contribution in [1.29, 1.82) is 0 Å². The Labute approximate surface area is 161 Å². The minimum absolute atomic E-state index is 0.0699. The van der Waals surface area contributed by atoms with Crippen LogP contribution >= 0.6 is 11.3 Å². The quantitative estimate of drug-likeness (QED) is 0.544. The van der Waals surface area contributed by atoms with Gasteiger partial charge < -0.3 is 10.8 Å². The van der Waals surface area contributed by atoms with E-state index in [2.05, 4.69) is 15.1 Å². The number of alkyl halides is 3. The smallest absolute Gasteiger partial charge is 0.384 e. The number of aromatic nitrogens is 4. The first-order valence-corrected chi connectivity index (χ1v) is 8.99. The summed E-state index contributed by atoms with van der Waals surface area (Å²) in [6.45, 7) is 0.0699. The Morgan fingerprint density at radius 1 is 1.11 bits per heavy atom. The second-order valence-electron chi connectivity index (χ2n) is 6.12. The monoisotopic (exact) mass is 405 g/mol. The molecule has 4 aromatic rings. The molecule has 0 saturated carbocycles. The molecule has 3 aromatic heterocycles. The molecule has 1 aromatic carbocycles. The number of aliphatic hydroxyl groups is 1. The van der Waals surface area contributed by atoms with Gasteiger partial charge in [-0.25, -0.2) is 9.67 Å². The second kappa shape index (κ2) is 6.57. The van der Waals surface area contributed by atoms with E-state index in [0.717, 1.165) is 17.5 Å². The van der Waals surface area contributed by atoms with Gasteiger partial charge in [-0.15, -0.1) is 11.3 Å². The largest absolute Gasteiger partial charge is 0.428 e. The number of hydrogen-bond acceptors (Lipinski definition) is 6. The van der Waals surface area contributed by atoms with Gasteiger partial charge in [-0.1, -0.05) is 18.2 Å². The normalized spacial score (nSPS) is 14.3. The first-order chi connectivity index (χ1) is 13.3. The molecule has 1 atom stereocenters. The van der Waals surface area contributed by atoms with Gasteiger partial charge in [0, 0.05) is 6.20 Å². The third-order valence-electron chi connectivity index (χ3n) is 4.32. The molecule has 6 nitrogen and oxygen atoms in total. The standard InChI is InChI=1S/C18H14F3N5OS/c19-18(20,21)17(27,16-25-13-6-1-2-7-14(13)28-16)12-9-24-26(15(12)22)10-11-5-3-4-8-23-11/h1-9,27H,10,22H2. The number of thiazole rings is 1. The Bertz CT molecular complexity index is 1090. The molecule has 144 valence electrons. The van der Waals surface area contributed by atoms with E-state index in [1.807, 2.05) is 0 Å². The van der Waals surface area contributed by atoms with Gasteiger partial charge in [0.1, 0.15) is 10.8 Å². The van der Waals surface area contributed by atoms with Gasteiger partial charge in [0.05, 0.1) is 34.2 Å². The van der Waals surface area contributed by atoms with Gasteiger partial charge >= 0.3 is 6.18 Å². The van der Waals surface area contributed by atoms with Crippen molar-refractivity contribution < 1.29 is 18.3 Å². The zero-order valence-electron chi connectivity index (χ0n) is 14.3. The summed E-state index contributed by atoms with van der Waals surface area (Å²) in [6.07, 6.45) is -2.56. The molecule has 0 spiro atoms. The molecule has 0 saturated heterocycles. The summed E-state index contributed by atoms with van der Waals surface area (Å²) in [5.41, 5.74) is 2.96.